The zero-order chi connectivity index (χ0) is 14.7. The highest BCUT2D eigenvalue weighted by Crippen LogP contribution is 2.35. The van der Waals surface area contributed by atoms with Crippen LogP contribution in [0.2, 0.25) is 5.02 Å². The van der Waals surface area contributed by atoms with Crippen LogP contribution in [0.4, 0.5) is 5.69 Å². The maximum atomic E-state index is 6.55. The van der Waals surface area contributed by atoms with Gasteiger partial charge in [-0.3, -0.25) is 0 Å². The fraction of sp³-hybridized carbons (Fsp3) is 0.647. The normalized spacial score (nSPS) is 20.7. The molecule has 2 unspecified atom stereocenters. The molecule has 0 spiro atoms. The molecule has 0 amide bonds. The standard InChI is InChI=1S/C17H27ClN2/c1-5-19-13(4)14-8-9-17(15(18)11-14)20-10-6-7-16(20)12(2)3/h8-9,11-13,16,19H,5-7,10H2,1-4H3. The lowest BCUT2D eigenvalue weighted by atomic mass is 10.0. The van der Waals surface area contributed by atoms with Crippen molar-refractivity contribution in [2.75, 3.05) is 18.0 Å². The van der Waals surface area contributed by atoms with Crippen LogP contribution in [0.1, 0.15) is 52.1 Å². The van der Waals surface area contributed by atoms with Gasteiger partial charge in [0.25, 0.3) is 0 Å². The molecule has 1 aromatic rings. The monoisotopic (exact) mass is 294 g/mol. The summed E-state index contributed by atoms with van der Waals surface area (Å²) in [6, 6.07) is 7.52. The molecule has 0 saturated carbocycles. The van der Waals surface area contributed by atoms with E-state index in [4.69, 9.17) is 11.6 Å². The maximum absolute atomic E-state index is 6.55. The molecule has 2 atom stereocenters. The van der Waals surface area contributed by atoms with Crippen LogP contribution in [0, 0.1) is 5.92 Å². The van der Waals surface area contributed by atoms with E-state index in [2.05, 4.69) is 56.1 Å². The second-order valence-corrected chi connectivity index (χ2v) is 6.54. The Morgan fingerprint density at radius 1 is 1.35 bits per heavy atom. The first kappa shape index (κ1) is 15.7. The summed E-state index contributed by atoms with van der Waals surface area (Å²) in [6.07, 6.45) is 2.55. The zero-order valence-corrected chi connectivity index (χ0v) is 13.9. The molecule has 20 heavy (non-hydrogen) atoms. The molecule has 0 radical (unpaired) electrons. The number of hydrogen-bond acceptors (Lipinski definition) is 2. The van der Waals surface area contributed by atoms with Gasteiger partial charge in [0.2, 0.25) is 0 Å². The van der Waals surface area contributed by atoms with Gasteiger partial charge in [0, 0.05) is 18.6 Å². The van der Waals surface area contributed by atoms with Gasteiger partial charge in [-0.05, 0) is 49.9 Å². The van der Waals surface area contributed by atoms with E-state index in [0.29, 0.717) is 18.0 Å². The molecule has 1 heterocycles. The lowest BCUT2D eigenvalue weighted by Gasteiger charge is -2.31. The lowest BCUT2D eigenvalue weighted by molar-refractivity contribution is 0.492. The van der Waals surface area contributed by atoms with Gasteiger partial charge in [0.1, 0.15) is 0 Å². The molecule has 1 aliphatic heterocycles. The average Bonchev–Trinajstić information content (AvgIpc) is 2.88. The fourth-order valence-corrected chi connectivity index (χ4v) is 3.53. The molecule has 0 aromatic heterocycles. The van der Waals surface area contributed by atoms with Crippen molar-refractivity contribution in [2.24, 2.45) is 5.92 Å². The minimum absolute atomic E-state index is 0.353. The summed E-state index contributed by atoms with van der Waals surface area (Å²) in [7, 11) is 0. The molecular weight excluding hydrogens is 268 g/mol. The molecule has 0 aliphatic carbocycles. The second kappa shape index (κ2) is 6.82. The molecule has 1 fully saturated rings. The van der Waals surface area contributed by atoms with Crippen molar-refractivity contribution in [2.45, 2.75) is 52.6 Å². The minimum atomic E-state index is 0.353. The van der Waals surface area contributed by atoms with Crippen molar-refractivity contribution in [3.05, 3.63) is 28.8 Å². The van der Waals surface area contributed by atoms with E-state index in [-0.39, 0.29) is 0 Å². The Hall–Kier alpha value is -0.730. The molecule has 112 valence electrons. The van der Waals surface area contributed by atoms with E-state index < -0.39 is 0 Å². The molecule has 2 nitrogen and oxygen atoms in total. The van der Waals surface area contributed by atoms with Crippen LogP contribution in [-0.2, 0) is 0 Å². The quantitative estimate of drug-likeness (QED) is 0.851. The number of hydrogen-bond donors (Lipinski definition) is 1. The predicted octanol–water partition coefficient (Wildman–Crippen LogP) is 4.64. The van der Waals surface area contributed by atoms with Gasteiger partial charge in [-0.15, -0.1) is 0 Å². The summed E-state index contributed by atoms with van der Waals surface area (Å²) in [5.74, 6) is 0.675. The first-order valence-corrected chi connectivity index (χ1v) is 8.21. The third kappa shape index (κ3) is 3.29. The van der Waals surface area contributed by atoms with E-state index in [0.717, 1.165) is 18.1 Å². The Balaban J connectivity index is 2.21. The smallest absolute Gasteiger partial charge is 0.0642 e. The van der Waals surface area contributed by atoms with Crippen molar-refractivity contribution in [1.82, 2.24) is 5.32 Å². The van der Waals surface area contributed by atoms with Gasteiger partial charge >= 0.3 is 0 Å². The van der Waals surface area contributed by atoms with Crippen LogP contribution in [-0.4, -0.2) is 19.1 Å². The maximum Gasteiger partial charge on any atom is 0.0642 e. The van der Waals surface area contributed by atoms with Crippen LogP contribution < -0.4 is 10.2 Å². The van der Waals surface area contributed by atoms with E-state index in [9.17, 15) is 0 Å². The molecule has 3 heteroatoms. The Morgan fingerprint density at radius 3 is 2.70 bits per heavy atom. The molecule has 1 saturated heterocycles. The van der Waals surface area contributed by atoms with Crippen molar-refractivity contribution >= 4 is 17.3 Å². The van der Waals surface area contributed by atoms with Crippen LogP contribution in [0.15, 0.2) is 18.2 Å². The number of halogens is 1. The molecule has 1 aliphatic rings. The average molecular weight is 295 g/mol. The Morgan fingerprint density at radius 2 is 2.10 bits per heavy atom. The Kier molecular flexibility index (Phi) is 5.34. The number of anilines is 1. The highest BCUT2D eigenvalue weighted by Gasteiger charge is 2.28. The number of nitrogens with one attached hydrogen (secondary N) is 1. The summed E-state index contributed by atoms with van der Waals surface area (Å²) in [5, 5.41) is 4.32. The Labute approximate surface area is 128 Å². The third-order valence-corrected chi connectivity index (χ3v) is 4.66. The lowest BCUT2D eigenvalue weighted by Crippen LogP contribution is -2.33. The second-order valence-electron chi connectivity index (χ2n) is 6.14. The van der Waals surface area contributed by atoms with Gasteiger partial charge in [-0.2, -0.15) is 0 Å². The molecule has 1 N–H and O–H groups in total. The van der Waals surface area contributed by atoms with Gasteiger partial charge in [-0.1, -0.05) is 38.4 Å². The largest absolute Gasteiger partial charge is 0.367 e. The van der Waals surface area contributed by atoms with Crippen LogP contribution in [0.3, 0.4) is 0 Å². The number of rotatable bonds is 5. The summed E-state index contributed by atoms with van der Waals surface area (Å²) in [5.41, 5.74) is 2.47. The van der Waals surface area contributed by atoms with Gasteiger partial charge in [-0.25, -0.2) is 0 Å². The number of benzene rings is 1. The van der Waals surface area contributed by atoms with E-state index in [1.54, 1.807) is 0 Å². The molecular formula is C17H27ClN2. The van der Waals surface area contributed by atoms with Crippen LogP contribution in [0.25, 0.3) is 0 Å². The number of nitrogens with zero attached hydrogens (tertiary/aromatic N) is 1. The summed E-state index contributed by atoms with van der Waals surface area (Å²) >= 11 is 6.55. The van der Waals surface area contributed by atoms with Gasteiger partial charge in [0.05, 0.1) is 10.7 Å². The SMILES string of the molecule is CCNC(C)c1ccc(N2CCCC2C(C)C)c(Cl)c1. The Bertz CT molecular complexity index is 445. The van der Waals surface area contributed by atoms with Crippen molar-refractivity contribution in [3.63, 3.8) is 0 Å². The summed E-state index contributed by atoms with van der Waals surface area (Å²) in [4.78, 5) is 2.49. The topological polar surface area (TPSA) is 15.3 Å². The fourth-order valence-electron chi connectivity index (χ4n) is 3.23. The van der Waals surface area contributed by atoms with Crippen molar-refractivity contribution < 1.29 is 0 Å². The van der Waals surface area contributed by atoms with Gasteiger partial charge < -0.3 is 10.2 Å². The molecule has 1 aromatic carbocycles. The first-order chi connectivity index (χ1) is 9.54. The minimum Gasteiger partial charge on any atom is -0.367 e. The van der Waals surface area contributed by atoms with Crippen molar-refractivity contribution in [1.29, 1.82) is 0 Å². The van der Waals surface area contributed by atoms with E-state index in [1.165, 1.54) is 24.1 Å². The molecule has 2 rings (SSSR count). The summed E-state index contributed by atoms with van der Waals surface area (Å²) in [6.45, 7) is 11.0. The van der Waals surface area contributed by atoms with E-state index in [1.807, 2.05) is 0 Å². The first-order valence-electron chi connectivity index (χ1n) is 7.84. The van der Waals surface area contributed by atoms with Crippen molar-refractivity contribution in [3.8, 4) is 0 Å². The zero-order valence-electron chi connectivity index (χ0n) is 13.1. The van der Waals surface area contributed by atoms with Crippen LogP contribution in [0.5, 0.6) is 0 Å². The third-order valence-electron chi connectivity index (χ3n) is 4.36. The highest BCUT2D eigenvalue weighted by atomic mass is 35.5. The summed E-state index contributed by atoms with van der Waals surface area (Å²) < 4.78 is 0. The van der Waals surface area contributed by atoms with Gasteiger partial charge in [0.15, 0.2) is 0 Å². The van der Waals surface area contributed by atoms with E-state index >= 15 is 0 Å². The van der Waals surface area contributed by atoms with Crippen LogP contribution >= 0.6 is 11.6 Å². The highest BCUT2D eigenvalue weighted by molar-refractivity contribution is 6.33. The molecule has 0 bridgehead atoms. The predicted molar refractivity (Wildman–Crippen MR) is 88.7 cm³/mol.